The molecule has 1 aromatic carbocycles. The number of amides is 1. The number of para-hydroxylation sites is 1. The van der Waals surface area contributed by atoms with Gasteiger partial charge < -0.3 is 10.2 Å². The Kier molecular flexibility index (Phi) is 6.18. The molecule has 142 valence electrons. The van der Waals surface area contributed by atoms with Crippen molar-refractivity contribution in [1.82, 2.24) is 30.7 Å². The summed E-state index contributed by atoms with van der Waals surface area (Å²) in [5.41, 5.74) is 1.56. The number of aromatic nitrogens is 5. The molecule has 3 rings (SSSR count). The molecular formula is C18H21ClN6O2. The van der Waals surface area contributed by atoms with E-state index in [-0.39, 0.29) is 22.5 Å². The Bertz CT molecular complexity index is 929. The van der Waals surface area contributed by atoms with Crippen LogP contribution in [-0.4, -0.2) is 37.8 Å². The fraction of sp³-hybridized carbons (Fsp3) is 0.389. The third-order valence-corrected chi connectivity index (χ3v) is 4.58. The third kappa shape index (κ3) is 4.51. The lowest BCUT2D eigenvalue weighted by molar-refractivity contribution is 0.0944. The second-order valence-electron chi connectivity index (χ2n) is 6.20. The zero-order chi connectivity index (χ0) is 19.2. The van der Waals surface area contributed by atoms with E-state index in [0.29, 0.717) is 23.5 Å². The first-order valence-corrected chi connectivity index (χ1v) is 9.30. The summed E-state index contributed by atoms with van der Waals surface area (Å²) in [6.45, 7) is 4.83. The van der Waals surface area contributed by atoms with Crippen LogP contribution < -0.4 is 10.2 Å². The number of halogens is 1. The lowest BCUT2D eigenvalue weighted by Crippen LogP contribution is -2.29. The highest BCUT2D eigenvalue weighted by atomic mass is 35.5. The monoisotopic (exact) mass is 388 g/mol. The number of benzene rings is 1. The molecule has 1 atom stereocenters. The summed E-state index contributed by atoms with van der Waals surface area (Å²) in [4.78, 5) is 19.3. The lowest BCUT2D eigenvalue weighted by Gasteiger charge is -2.15. The van der Waals surface area contributed by atoms with E-state index in [0.717, 1.165) is 19.3 Å². The minimum Gasteiger partial charge on any atom is -0.352 e. The van der Waals surface area contributed by atoms with Gasteiger partial charge >= 0.3 is 0 Å². The molecule has 0 spiro atoms. The van der Waals surface area contributed by atoms with Crippen molar-refractivity contribution in [3.05, 3.63) is 41.0 Å². The summed E-state index contributed by atoms with van der Waals surface area (Å²) >= 11 is 6.05. The van der Waals surface area contributed by atoms with Crippen molar-refractivity contribution in [3.63, 3.8) is 0 Å². The number of nitrogens with one attached hydrogen (secondary N) is 1. The Hall–Kier alpha value is -2.74. The van der Waals surface area contributed by atoms with Crippen LogP contribution in [0.15, 0.2) is 30.3 Å². The molecule has 0 radical (unpaired) electrons. The van der Waals surface area contributed by atoms with Crippen LogP contribution in [0.4, 0.5) is 0 Å². The minimum absolute atomic E-state index is 0.0202. The van der Waals surface area contributed by atoms with Crippen molar-refractivity contribution in [1.29, 1.82) is 0 Å². The van der Waals surface area contributed by atoms with Gasteiger partial charge in [-0.1, -0.05) is 55.3 Å². The van der Waals surface area contributed by atoms with E-state index >= 15 is 0 Å². The van der Waals surface area contributed by atoms with Gasteiger partial charge in [-0.25, -0.2) is 0 Å². The van der Waals surface area contributed by atoms with Crippen molar-refractivity contribution in [2.45, 2.75) is 33.1 Å². The summed E-state index contributed by atoms with van der Waals surface area (Å²) in [5.74, 6) is 0.225. The fourth-order valence-corrected chi connectivity index (χ4v) is 2.94. The van der Waals surface area contributed by atoms with Crippen LogP contribution in [-0.2, 0) is 0 Å². The van der Waals surface area contributed by atoms with E-state index < -0.39 is 0 Å². The van der Waals surface area contributed by atoms with Gasteiger partial charge in [-0.15, -0.1) is 15.3 Å². The first kappa shape index (κ1) is 19.0. The lowest BCUT2D eigenvalue weighted by atomic mass is 10.0. The largest absolute Gasteiger partial charge is 0.352 e. The van der Waals surface area contributed by atoms with Gasteiger partial charge in [-0.3, -0.25) is 4.79 Å². The fourth-order valence-electron chi connectivity index (χ4n) is 2.76. The molecule has 2 heterocycles. The standard InChI is InChI=1S/C18H21ClN6O2/c1-3-7-12(4-2)11-20-18(26)13-10-16(22-23-17(13)19)27-25-15-9-6-5-8-14(15)21-24-25/h5-6,8-10,12H,3-4,7,11H2,1-2H3,(H,20,26). The Labute approximate surface area is 161 Å². The molecule has 2 aromatic heterocycles. The second-order valence-corrected chi connectivity index (χ2v) is 6.56. The van der Waals surface area contributed by atoms with Gasteiger partial charge in [-0.2, -0.15) is 0 Å². The number of nitrogens with zero attached hydrogens (tertiary/aromatic N) is 5. The van der Waals surface area contributed by atoms with Gasteiger partial charge in [0.15, 0.2) is 5.15 Å². The first-order valence-electron chi connectivity index (χ1n) is 8.92. The molecule has 0 saturated heterocycles. The molecule has 9 heteroatoms. The number of carbonyl (C=O) groups excluding carboxylic acids is 1. The smallest absolute Gasteiger partial charge is 0.268 e. The summed E-state index contributed by atoms with van der Waals surface area (Å²) in [6.07, 6.45) is 3.15. The van der Waals surface area contributed by atoms with Crippen molar-refractivity contribution < 1.29 is 9.63 Å². The Morgan fingerprint density at radius 1 is 1.26 bits per heavy atom. The van der Waals surface area contributed by atoms with Crippen LogP contribution in [0.25, 0.3) is 11.0 Å². The first-order chi connectivity index (χ1) is 13.1. The molecule has 27 heavy (non-hydrogen) atoms. The van der Waals surface area contributed by atoms with E-state index in [1.54, 1.807) is 0 Å². The maximum Gasteiger partial charge on any atom is 0.268 e. The molecule has 0 bridgehead atoms. The zero-order valence-electron chi connectivity index (χ0n) is 15.2. The topological polar surface area (TPSA) is 94.8 Å². The highest BCUT2D eigenvalue weighted by molar-refractivity contribution is 6.32. The SMILES string of the molecule is CCCC(CC)CNC(=O)c1cc(On2nnc3ccccc32)nnc1Cl. The van der Waals surface area contributed by atoms with Crippen LogP contribution in [0.1, 0.15) is 43.5 Å². The Morgan fingerprint density at radius 2 is 2.07 bits per heavy atom. The molecule has 1 N–H and O–H groups in total. The molecular weight excluding hydrogens is 368 g/mol. The molecule has 3 aromatic rings. The third-order valence-electron chi connectivity index (χ3n) is 4.30. The summed E-state index contributed by atoms with van der Waals surface area (Å²) in [5, 5.41) is 18.5. The van der Waals surface area contributed by atoms with Crippen molar-refractivity contribution in [2.75, 3.05) is 6.54 Å². The zero-order valence-corrected chi connectivity index (χ0v) is 16.0. The van der Waals surface area contributed by atoms with E-state index in [2.05, 4.69) is 39.7 Å². The molecule has 0 aliphatic carbocycles. The predicted molar refractivity (Wildman–Crippen MR) is 102 cm³/mol. The second kappa shape index (κ2) is 8.77. The average Bonchev–Trinajstić information content (AvgIpc) is 3.09. The number of carbonyl (C=O) groups is 1. The Balaban J connectivity index is 1.75. The minimum atomic E-state index is -0.308. The Morgan fingerprint density at radius 3 is 2.85 bits per heavy atom. The van der Waals surface area contributed by atoms with Gasteiger partial charge in [0.05, 0.1) is 5.56 Å². The molecule has 0 aliphatic rings. The predicted octanol–water partition coefficient (Wildman–Crippen LogP) is 3.27. The van der Waals surface area contributed by atoms with Gasteiger partial charge in [-0.05, 0) is 29.7 Å². The number of rotatable bonds is 8. The van der Waals surface area contributed by atoms with Gasteiger partial charge in [0.1, 0.15) is 11.0 Å². The van der Waals surface area contributed by atoms with Crippen LogP contribution in [0, 0.1) is 5.92 Å². The molecule has 1 amide bonds. The number of hydrogen-bond acceptors (Lipinski definition) is 6. The summed E-state index contributed by atoms with van der Waals surface area (Å²) < 4.78 is 0. The van der Waals surface area contributed by atoms with Crippen molar-refractivity contribution in [3.8, 4) is 5.88 Å². The van der Waals surface area contributed by atoms with Gasteiger partial charge in [0, 0.05) is 12.6 Å². The van der Waals surface area contributed by atoms with Crippen LogP contribution in [0.3, 0.4) is 0 Å². The maximum absolute atomic E-state index is 12.5. The highest BCUT2D eigenvalue weighted by Crippen LogP contribution is 2.19. The van der Waals surface area contributed by atoms with Crippen LogP contribution in [0.2, 0.25) is 5.15 Å². The van der Waals surface area contributed by atoms with E-state index in [9.17, 15) is 4.79 Å². The van der Waals surface area contributed by atoms with Crippen LogP contribution in [0.5, 0.6) is 5.88 Å². The summed E-state index contributed by atoms with van der Waals surface area (Å²) in [7, 11) is 0. The highest BCUT2D eigenvalue weighted by Gasteiger charge is 2.17. The quantitative estimate of drug-likeness (QED) is 0.636. The van der Waals surface area contributed by atoms with Crippen molar-refractivity contribution in [2.24, 2.45) is 5.92 Å². The molecule has 0 saturated carbocycles. The molecule has 0 fully saturated rings. The number of fused-ring (bicyclic) bond motifs is 1. The number of hydrogen-bond donors (Lipinski definition) is 1. The average molecular weight is 389 g/mol. The van der Waals surface area contributed by atoms with E-state index in [4.69, 9.17) is 16.4 Å². The molecule has 0 aliphatic heterocycles. The van der Waals surface area contributed by atoms with E-state index in [1.165, 1.54) is 10.9 Å². The van der Waals surface area contributed by atoms with Crippen LogP contribution >= 0.6 is 11.6 Å². The van der Waals surface area contributed by atoms with Gasteiger partial charge in [0.25, 0.3) is 11.8 Å². The normalized spacial score (nSPS) is 12.1. The maximum atomic E-state index is 12.5. The van der Waals surface area contributed by atoms with Gasteiger partial charge in [0.2, 0.25) is 0 Å². The summed E-state index contributed by atoms with van der Waals surface area (Å²) in [6, 6.07) is 8.77. The molecule has 1 unspecified atom stereocenters. The van der Waals surface area contributed by atoms with E-state index in [1.807, 2.05) is 24.3 Å². The van der Waals surface area contributed by atoms with Crippen molar-refractivity contribution >= 4 is 28.5 Å². The molecule has 8 nitrogen and oxygen atoms in total.